The minimum Gasteiger partial charge on any atom is -0.297 e. The van der Waals surface area contributed by atoms with Crippen LogP contribution in [0, 0.1) is 0 Å². The molecule has 0 aromatic heterocycles. The molecule has 0 saturated heterocycles. The first-order valence-corrected chi connectivity index (χ1v) is 6.23. The number of rotatable bonds is 5. The maximum atomic E-state index is 12.3. The molecule has 3 heteroatoms. The Morgan fingerprint density at radius 3 is 2.53 bits per heavy atom. The maximum absolute atomic E-state index is 12.3. The predicted molar refractivity (Wildman–Crippen MR) is 72.5 cm³/mol. The standard InChI is InChI=1S/C14H20ClNO/c1-5-14(2,16(3)4)13(17)10-11-7-6-8-12(15)9-11/h6-9H,5,10H2,1-4H3. The van der Waals surface area contributed by atoms with Gasteiger partial charge < -0.3 is 0 Å². The lowest BCUT2D eigenvalue weighted by atomic mass is 9.88. The van der Waals surface area contributed by atoms with Crippen LogP contribution in [0.2, 0.25) is 5.02 Å². The summed E-state index contributed by atoms with van der Waals surface area (Å²) in [5.74, 6) is 0.229. The van der Waals surface area contributed by atoms with Gasteiger partial charge in [-0.2, -0.15) is 0 Å². The molecule has 2 nitrogen and oxygen atoms in total. The van der Waals surface area contributed by atoms with E-state index in [9.17, 15) is 4.79 Å². The highest BCUT2D eigenvalue weighted by Crippen LogP contribution is 2.21. The van der Waals surface area contributed by atoms with Crippen molar-refractivity contribution in [3.63, 3.8) is 0 Å². The van der Waals surface area contributed by atoms with Gasteiger partial charge in [0.25, 0.3) is 0 Å². The van der Waals surface area contributed by atoms with Crippen molar-refractivity contribution in [1.29, 1.82) is 0 Å². The summed E-state index contributed by atoms with van der Waals surface area (Å²) in [7, 11) is 3.89. The lowest BCUT2D eigenvalue weighted by molar-refractivity contribution is -0.128. The van der Waals surface area contributed by atoms with Crippen LogP contribution in [0.4, 0.5) is 0 Å². The van der Waals surface area contributed by atoms with E-state index in [1.165, 1.54) is 0 Å². The van der Waals surface area contributed by atoms with Crippen LogP contribution in [-0.2, 0) is 11.2 Å². The number of halogens is 1. The zero-order valence-corrected chi connectivity index (χ0v) is 11.7. The van der Waals surface area contributed by atoms with E-state index in [1.54, 1.807) is 0 Å². The number of hydrogen-bond acceptors (Lipinski definition) is 2. The van der Waals surface area contributed by atoms with E-state index < -0.39 is 5.54 Å². The zero-order chi connectivity index (χ0) is 13.1. The van der Waals surface area contributed by atoms with Gasteiger partial charge in [0.2, 0.25) is 0 Å². The van der Waals surface area contributed by atoms with Crippen LogP contribution in [-0.4, -0.2) is 30.3 Å². The summed E-state index contributed by atoms with van der Waals surface area (Å²) in [6, 6.07) is 7.49. The van der Waals surface area contributed by atoms with Gasteiger partial charge in [-0.3, -0.25) is 9.69 Å². The van der Waals surface area contributed by atoms with Gasteiger partial charge in [0.15, 0.2) is 5.78 Å². The predicted octanol–water partition coefficient (Wildman–Crippen LogP) is 3.18. The number of hydrogen-bond donors (Lipinski definition) is 0. The summed E-state index contributed by atoms with van der Waals surface area (Å²) in [6.45, 7) is 4.02. The molecule has 0 fully saturated rings. The first-order chi connectivity index (χ1) is 7.90. The molecule has 0 N–H and O–H groups in total. The van der Waals surface area contributed by atoms with E-state index in [1.807, 2.05) is 57.1 Å². The third-order valence-electron chi connectivity index (χ3n) is 3.53. The van der Waals surface area contributed by atoms with Gasteiger partial charge >= 0.3 is 0 Å². The highest BCUT2D eigenvalue weighted by atomic mass is 35.5. The molecule has 0 saturated carbocycles. The molecular weight excluding hydrogens is 234 g/mol. The van der Waals surface area contributed by atoms with E-state index in [0.29, 0.717) is 11.4 Å². The summed E-state index contributed by atoms with van der Waals surface area (Å²) in [5, 5.41) is 0.679. The molecule has 0 bridgehead atoms. The average molecular weight is 254 g/mol. The monoisotopic (exact) mass is 253 g/mol. The number of nitrogens with zero attached hydrogens (tertiary/aromatic N) is 1. The normalized spacial score (nSPS) is 14.7. The minimum atomic E-state index is -0.400. The molecule has 0 aliphatic carbocycles. The Bertz CT molecular complexity index is 403. The Labute approximate surface area is 109 Å². The summed E-state index contributed by atoms with van der Waals surface area (Å²) >= 11 is 5.92. The summed E-state index contributed by atoms with van der Waals surface area (Å²) in [4.78, 5) is 14.3. The summed E-state index contributed by atoms with van der Waals surface area (Å²) in [6.07, 6.45) is 1.24. The van der Waals surface area contributed by atoms with Crippen molar-refractivity contribution < 1.29 is 4.79 Å². The van der Waals surface area contributed by atoms with Gasteiger partial charge in [0.1, 0.15) is 0 Å². The molecule has 0 heterocycles. The summed E-state index contributed by atoms with van der Waals surface area (Å²) in [5.41, 5.74) is 0.575. The molecule has 1 rings (SSSR count). The van der Waals surface area contributed by atoms with Crippen LogP contribution < -0.4 is 0 Å². The van der Waals surface area contributed by atoms with Crippen LogP contribution >= 0.6 is 11.6 Å². The molecule has 17 heavy (non-hydrogen) atoms. The van der Waals surface area contributed by atoms with Gasteiger partial charge in [-0.05, 0) is 45.1 Å². The fourth-order valence-corrected chi connectivity index (χ4v) is 2.00. The molecule has 1 atom stereocenters. The van der Waals surface area contributed by atoms with Crippen molar-refractivity contribution in [1.82, 2.24) is 4.90 Å². The number of carbonyl (C=O) groups excluding carboxylic acids is 1. The fourth-order valence-electron chi connectivity index (χ4n) is 1.79. The van der Waals surface area contributed by atoms with Crippen molar-refractivity contribution >= 4 is 17.4 Å². The maximum Gasteiger partial charge on any atom is 0.157 e. The number of benzene rings is 1. The molecule has 1 aromatic carbocycles. The summed E-state index contributed by atoms with van der Waals surface area (Å²) < 4.78 is 0. The number of Topliss-reactive ketones (excluding diaryl/α,β-unsaturated/α-hetero) is 1. The van der Waals surface area contributed by atoms with Gasteiger partial charge in [-0.1, -0.05) is 30.7 Å². The average Bonchev–Trinajstić information content (AvgIpc) is 2.27. The van der Waals surface area contributed by atoms with Crippen LogP contribution in [0.1, 0.15) is 25.8 Å². The van der Waals surface area contributed by atoms with Crippen molar-refractivity contribution in [2.75, 3.05) is 14.1 Å². The number of likely N-dealkylation sites (N-methyl/N-ethyl adjacent to an activating group) is 1. The third-order valence-corrected chi connectivity index (χ3v) is 3.77. The largest absolute Gasteiger partial charge is 0.297 e. The van der Waals surface area contributed by atoms with Crippen molar-refractivity contribution in [2.45, 2.75) is 32.2 Å². The second kappa shape index (κ2) is 5.65. The van der Waals surface area contributed by atoms with Crippen LogP contribution in [0.25, 0.3) is 0 Å². The Hall–Kier alpha value is -0.860. The van der Waals surface area contributed by atoms with E-state index in [4.69, 9.17) is 11.6 Å². The lowest BCUT2D eigenvalue weighted by Crippen LogP contribution is -2.48. The Kier molecular flexibility index (Phi) is 4.72. The first kappa shape index (κ1) is 14.2. The molecule has 0 aliphatic heterocycles. The van der Waals surface area contributed by atoms with Gasteiger partial charge in [-0.15, -0.1) is 0 Å². The van der Waals surface area contributed by atoms with E-state index in [0.717, 1.165) is 12.0 Å². The highest BCUT2D eigenvalue weighted by Gasteiger charge is 2.32. The Balaban J connectivity index is 2.85. The first-order valence-electron chi connectivity index (χ1n) is 5.85. The van der Waals surface area contributed by atoms with E-state index in [-0.39, 0.29) is 5.78 Å². The van der Waals surface area contributed by atoms with Crippen LogP contribution in [0.15, 0.2) is 24.3 Å². The van der Waals surface area contributed by atoms with E-state index >= 15 is 0 Å². The van der Waals surface area contributed by atoms with Crippen molar-refractivity contribution in [3.05, 3.63) is 34.9 Å². The fraction of sp³-hybridized carbons (Fsp3) is 0.500. The minimum absolute atomic E-state index is 0.229. The Morgan fingerprint density at radius 1 is 1.41 bits per heavy atom. The smallest absolute Gasteiger partial charge is 0.157 e. The topological polar surface area (TPSA) is 20.3 Å². The highest BCUT2D eigenvalue weighted by molar-refractivity contribution is 6.30. The lowest BCUT2D eigenvalue weighted by Gasteiger charge is -2.34. The third kappa shape index (κ3) is 3.30. The van der Waals surface area contributed by atoms with Crippen LogP contribution in [0.5, 0.6) is 0 Å². The van der Waals surface area contributed by atoms with Gasteiger partial charge in [-0.25, -0.2) is 0 Å². The van der Waals surface area contributed by atoms with Gasteiger partial charge in [0.05, 0.1) is 5.54 Å². The number of ketones is 1. The molecular formula is C14H20ClNO. The van der Waals surface area contributed by atoms with E-state index in [2.05, 4.69) is 0 Å². The quantitative estimate of drug-likeness (QED) is 0.803. The molecule has 0 aliphatic rings. The Morgan fingerprint density at radius 2 is 2.06 bits per heavy atom. The number of carbonyl (C=O) groups is 1. The zero-order valence-electron chi connectivity index (χ0n) is 11.0. The second-order valence-corrected chi connectivity index (χ2v) is 5.19. The van der Waals surface area contributed by atoms with Crippen LogP contribution in [0.3, 0.4) is 0 Å². The molecule has 0 spiro atoms. The van der Waals surface area contributed by atoms with Crippen molar-refractivity contribution in [2.24, 2.45) is 0 Å². The van der Waals surface area contributed by atoms with Gasteiger partial charge in [0, 0.05) is 11.4 Å². The molecule has 0 radical (unpaired) electrons. The molecule has 1 unspecified atom stereocenters. The molecule has 0 amide bonds. The molecule has 94 valence electrons. The second-order valence-electron chi connectivity index (χ2n) is 4.75. The van der Waals surface area contributed by atoms with Crippen molar-refractivity contribution in [3.8, 4) is 0 Å². The SMILES string of the molecule is CCC(C)(C(=O)Cc1cccc(Cl)c1)N(C)C. The molecule has 1 aromatic rings.